The average Bonchev–Trinajstić information content (AvgIpc) is 3.13. The van der Waals surface area contributed by atoms with Crippen molar-refractivity contribution in [2.24, 2.45) is 0 Å². The molecule has 18 heavy (non-hydrogen) atoms. The van der Waals surface area contributed by atoms with Crippen LogP contribution in [0.2, 0.25) is 0 Å². The molecule has 94 valence electrons. The molecule has 2 N–H and O–H groups in total. The fourth-order valence-electron chi connectivity index (χ4n) is 1.60. The maximum Gasteiger partial charge on any atom is 0.221 e. The Kier molecular flexibility index (Phi) is 3.78. The van der Waals surface area contributed by atoms with Gasteiger partial charge in [0.1, 0.15) is 11.9 Å². The lowest BCUT2D eigenvalue weighted by molar-refractivity contribution is -0.120. The van der Waals surface area contributed by atoms with Gasteiger partial charge in [-0.1, -0.05) is 0 Å². The highest BCUT2D eigenvalue weighted by molar-refractivity contribution is 5.77. The van der Waals surface area contributed by atoms with E-state index in [1.165, 1.54) is 0 Å². The van der Waals surface area contributed by atoms with Gasteiger partial charge in [-0.2, -0.15) is 5.26 Å². The number of amides is 1. The number of carbonyl (C=O) groups excluding carboxylic acids is 1. The van der Waals surface area contributed by atoms with E-state index in [0.29, 0.717) is 30.4 Å². The van der Waals surface area contributed by atoms with Gasteiger partial charge < -0.3 is 10.6 Å². The molecule has 1 amide bonds. The number of carbonyl (C=O) groups is 1. The van der Waals surface area contributed by atoms with E-state index < -0.39 is 0 Å². The van der Waals surface area contributed by atoms with Crippen LogP contribution >= 0.6 is 0 Å². The standard InChI is InChI=1S/C13H16N4O/c1-9-2-3-10(8-14)13(16-9)15-7-6-12(18)17-11-4-5-11/h2-3,11H,4-7H2,1H3,(H,15,16)(H,17,18). The molecule has 2 rings (SSSR count). The normalized spacial score (nSPS) is 13.8. The number of anilines is 1. The van der Waals surface area contributed by atoms with E-state index in [1.54, 1.807) is 12.1 Å². The highest BCUT2D eigenvalue weighted by Gasteiger charge is 2.22. The quantitative estimate of drug-likeness (QED) is 0.819. The summed E-state index contributed by atoms with van der Waals surface area (Å²) < 4.78 is 0. The first-order valence-electron chi connectivity index (χ1n) is 6.10. The van der Waals surface area contributed by atoms with Crippen LogP contribution in [0, 0.1) is 18.3 Å². The maximum absolute atomic E-state index is 11.5. The van der Waals surface area contributed by atoms with Crippen molar-refractivity contribution in [3.63, 3.8) is 0 Å². The first-order valence-corrected chi connectivity index (χ1v) is 6.10. The van der Waals surface area contributed by atoms with E-state index in [-0.39, 0.29) is 5.91 Å². The Balaban J connectivity index is 1.83. The molecule has 1 fully saturated rings. The number of pyridine rings is 1. The molecule has 0 aliphatic heterocycles. The van der Waals surface area contributed by atoms with Crippen LogP contribution in [-0.4, -0.2) is 23.5 Å². The third-order valence-corrected chi connectivity index (χ3v) is 2.74. The van der Waals surface area contributed by atoms with Crippen LogP contribution in [0.4, 0.5) is 5.82 Å². The summed E-state index contributed by atoms with van der Waals surface area (Å²) in [6, 6.07) is 6.00. The number of nitrogens with one attached hydrogen (secondary N) is 2. The maximum atomic E-state index is 11.5. The molecule has 1 saturated carbocycles. The lowest BCUT2D eigenvalue weighted by Gasteiger charge is -2.08. The molecule has 1 aliphatic carbocycles. The molecule has 0 aromatic carbocycles. The molecule has 0 saturated heterocycles. The van der Waals surface area contributed by atoms with E-state index in [2.05, 4.69) is 21.7 Å². The summed E-state index contributed by atoms with van der Waals surface area (Å²) in [5.74, 6) is 0.605. The lowest BCUT2D eigenvalue weighted by Crippen LogP contribution is -2.27. The molecular weight excluding hydrogens is 228 g/mol. The smallest absolute Gasteiger partial charge is 0.221 e. The second kappa shape index (κ2) is 5.50. The fourth-order valence-corrected chi connectivity index (χ4v) is 1.60. The predicted octanol–water partition coefficient (Wildman–Crippen LogP) is 1.34. The zero-order chi connectivity index (χ0) is 13.0. The van der Waals surface area contributed by atoms with Crippen molar-refractivity contribution in [1.29, 1.82) is 5.26 Å². The number of hydrogen-bond acceptors (Lipinski definition) is 4. The Morgan fingerprint density at radius 3 is 3.00 bits per heavy atom. The van der Waals surface area contributed by atoms with Crippen LogP contribution in [-0.2, 0) is 4.79 Å². The van der Waals surface area contributed by atoms with Gasteiger partial charge in [0.25, 0.3) is 0 Å². The van der Waals surface area contributed by atoms with Crippen LogP contribution in [0.3, 0.4) is 0 Å². The third-order valence-electron chi connectivity index (χ3n) is 2.74. The highest BCUT2D eigenvalue weighted by Crippen LogP contribution is 2.18. The number of aromatic nitrogens is 1. The summed E-state index contributed by atoms with van der Waals surface area (Å²) in [7, 11) is 0. The van der Waals surface area contributed by atoms with Crippen molar-refractivity contribution < 1.29 is 4.79 Å². The third kappa shape index (κ3) is 3.45. The largest absolute Gasteiger partial charge is 0.368 e. The minimum Gasteiger partial charge on any atom is -0.368 e. The predicted molar refractivity (Wildman–Crippen MR) is 68.0 cm³/mol. The molecule has 1 heterocycles. The monoisotopic (exact) mass is 244 g/mol. The summed E-state index contributed by atoms with van der Waals surface area (Å²) in [5.41, 5.74) is 1.35. The number of nitriles is 1. The second-order valence-corrected chi connectivity index (χ2v) is 4.48. The van der Waals surface area contributed by atoms with Gasteiger partial charge in [0.2, 0.25) is 5.91 Å². The zero-order valence-corrected chi connectivity index (χ0v) is 10.4. The molecule has 0 bridgehead atoms. The van der Waals surface area contributed by atoms with E-state index in [1.807, 2.05) is 6.92 Å². The van der Waals surface area contributed by atoms with Gasteiger partial charge in [-0.15, -0.1) is 0 Å². The number of nitrogens with zero attached hydrogens (tertiary/aromatic N) is 2. The second-order valence-electron chi connectivity index (χ2n) is 4.48. The Morgan fingerprint density at radius 1 is 1.56 bits per heavy atom. The topological polar surface area (TPSA) is 77.8 Å². The summed E-state index contributed by atoms with van der Waals surface area (Å²) >= 11 is 0. The molecule has 1 aromatic heterocycles. The molecular formula is C13H16N4O. The molecule has 0 atom stereocenters. The first kappa shape index (κ1) is 12.4. The fraction of sp³-hybridized carbons (Fsp3) is 0.462. The molecule has 1 aromatic rings. The minimum atomic E-state index is 0.0520. The van der Waals surface area contributed by atoms with E-state index >= 15 is 0 Å². The van der Waals surface area contributed by atoms with Crippen molar-refractivity contribution in [2.45, 2.75) is 32.2 Å². The Morgan fingerprint density at radius 2 is 2.33 bits per heavy atom. The molecule has 5 nitrogen and oxygen atoms in total. The Hall–Kier alpha value is -2.09. The van der Waals surface area contributed by atoms with Crippen LogP contribution in [0.5, 0.6) is 0 Å². The molecule has 0 spiro atoms. The molecule has 0 unspecified atom stereocenters. The average molecular weight is 244 g/mol. The van der Waals surface area contributed by atoms with E-state index in [0.717, 1.165) is 18.5 Å². The van der Waals surface area contributed by atoms with Crippen molar-refractivity contribution in [3.8, 4) is 6.07 Å². The molecule has 1 aliphatic rings. The lowest BCUT2D eigenvalue weighted by atomic mass is 10.2. The molecule has 5 heteroatoms. The molecule has 0 radical (unpaired) electrons. The summed E-state index contributed by atoms with van der Waals surface area (Å²) in [4.78, 5) is 15.7. The number of aryl methyl sites for hydroxylation is 1. The zero-order valence-electron chi connectivity index (χ0n) is 10.4. The SMILES string of the molecule is Cc1ccc(C#N)c(NCCC(=O)NC2CC2)n1. The Bertz CT molecular complexity index is 488. The van der Waals surface area contributed by atoms with Crippen molar-refractivity contribution in [3.05, 3.63) is 23.4 Å². The van der Waals surface area contributed by atoms with Gasteiger partial charge >= 0.3 is 0 Å². The van der Waals surface area contributed by atoms with Gasteiger partial charge in [-0.3, -0.25) is 4.79 Å². The number of rotatable bonds is 5. The number of hydrogen-bond donors (Lipinski definition) is 2. The van der Waals surface area contributed by atoms with Crippen molar-refractivity contribution in [2.75, 3.05) is 11.9 Å². The minimum absolute atomic E-state index is 0.0520. The first-order chi connectivity index (χ1) is 8.69. The van der Waals surface area contributed by atoms with Crippen LogP contribution < -0.4 is 10.6 Å². The van der Waals surface area contributed by atoms with Gasteiger partial charge in [-0.25, -0.2) is 4.98 Å². The van der Waals surface area contributed by atoms with Crippen LogP contribution in [0.15, 0.2) is 12.1 Å². The van der Waals surface area contributed by atoms with Gasteiger partial charge in [0, 0.05) is 24.7 Å². The van der Waals surface area contributed by atoms with Crippen LogP contribution in [0.25, 0.3) is 0 Å². The summed E-state index contributed by atoms with van der Waals surface area (Å²) in [6.07, 6.45) is 2.59. The van der Waals surface area contributed by atoms with Crippen molar-refractivity contribution >= 4 is 11.7 Å². The van der Waals surface area contributed by atoms with E-state index in [9.17, 15) is 4.79 Å². The van der Waals surface area contributed by atoms with Crippen molar-refractivity contribution in [1.82, 2.24) is 10.3 Å². The van der Waals surface area contributed by atoms with Gasteiger partial charge in [0.15, 0.2) is 0 Å². The summed E-state index contributed by atoms with van der Waals surface area (Å²) in [6.45, 7) is 2.36. The van der Waals surface area contributed by atoms with E-state index in [4.69, 9.17) is 5.26 Å². The van der Waals surface area contributed by atoms with Crippen LogP contribution in [0.1, 0.15) is 30.5 Å². The summed E-state index contributed by atoms with van der Waals surface area (Å²) in [5, 5.41) is 14.9. The van der Waals surface area contributed by atoms with Gasteiger partial charge in [-0.05, 0) is 31.9 Å². The van der Waals surface area contributed by atoms with Gasteiger partial charge in [0.05, 0.1) is 5.56 Å². The Labute approximate surface area is 106 Å². The highest BCUT2D eigenvalue weighted by atomic mass is 16.1.